The maximum atomic E-state index is 2.43. The maximum absolute atomic E-state index is 2.43. The van der Waals surface area contributed by atoms with E-state index in [1.165, 1.54) is 33.5 Å². The van der Waals surface area contributed by atoms with Gasteiger partial charge in [-0.3, -0.25) is 0 Å². The molecule has 0 radical (unpaired) electrons. The van der Waals surface area contributed by atoms with Gasteiger partial charge in [-0.05, 0) is 54.1 Å². The van der Waals surface area contributed by atoms with E-state index >= 15 is 0 Å². The molecule has 4 aromatic carbocycles. The van der Waals surface area contributed by atoms with Crippen LogP contribution in [0.2, 0.25) is 0 Å². The van der Waals surface area contributed by atoms with Crippen LogP contribution >= 0.6 is 0 Å². The minimum atomic E-state index is 0.201. The Kier molecular flexibility index (Phi) is 3.42. The number of hydrogen-bond acceptors (Lipinski definition) is 2. The van der Waals surface area contributed by atoms with Crippen LogP contribution in [-0.2, 0) is 0 Å². The summed E-state index contributed by atoms with van der Waals surface area (Å²) in [5.74, 6) is 0. The van der Waals surface area contributed by atoms with Gasteiger partial charge in [-0.15, -0.1) is 0 Å². The molecule has 2 nitrogen and oxygen atoms in total. The van der Waals surface area contributed by atoms with Crippen molar-refractivity contribution in [3.05, 3.63) is 97.1 Å². The highest BCUT2D eigenvalue weighted by molar-refractivity contribution is 5.98. The lowest BCUT2D eigenvalue weighted by atomic mass is 10.1. The van der Waals surface area contributed by atoms with Crippen molar-refractivity contribution in [1.29, 1.82) is 0 Å². The first-order chi connectivity index (χ1) is 12.8. The van der Waals surface area contributed by atoms with E-state index in [1.807, 2.05) is 0 Å². The lowest BCUT2D eigenvalue weighted by molar-refractivity contribution is 0.761. The van der Waals surface area contributed by atoms with Crippen molar-refractivity contribution in [3.8, 4) is 0 Å². The molecule has 1 heterocycles. The monoisotopic (exact) mass is 336 g/mol. The molecule has 0 N–H and O–H groups in total. The van der Waals surface area contributed by atoms with Gasteiger partial charge in [0.05, 0.1) is 11.4 Å². The van der Waals surface area contributed by atoms with Crippen molar-refractivity contribution in [2.24, 2.45) is 0 Å². The molecule has 0 saturated carbocycles. The summed E-state index contributed by atoms with van der Waals surface area (Å²) in [6.45, 7) is 2.27. The zero-order valence-corrected chi connectivity index (χ0v) is 14.7. The van der Waals surface area contributed by atoms with Crippen LogP contribution < -0.4 is 9.80 Å². The van der Waals surface area contributed by atoms with Gasteiger partial charge in [-0.2, -0.15) is 0 Å². The topological polar surface area (TPSA) is 6.48 Å². The highest BCUT2D eigenvalue weighted by atomic mass is 15.4. The molecule has 0 atom stereocenters. The zero-order chi connectivity index (χ0) is 17.5. The molecular weight excluding hydrogens is 316 g/mol. The molecule has 2 heteroatoms. The highest BCUT2D eigenvalue weighted by Gasteiger charge is 2.34. The molecule has 4 aromatic rings. The van der Waals surface area contributed by atoms with E-state index < -0.39 is 0 Å². The summed E-state index contributed by atoms with van der Waals surface area (Å²) in [7, 11) is 0. The van der Waals surface area contributed by atoms with E-state index in [4.69, 9.17) is 0 Å². The second-order valence-electron chi connectivity index (χ2n) is 6.73. The molecule has 0 saturated heterocycles. The minimum absolute atomic E-state index is 0.201. The molecule has 1 aliphatic rings. The fourth-order valence-electron chi connectivity index (χ4n) is 4.01. The molecule has 126 valence electrons. The normalized spacial score (nSPS) is 14.0. The summed E-state index contributed by atoms with van der Waals surface area (Å²) in [6, 6.07) is 34.5. The van der Waals surface area contributed by atoms with Crippen LogP contribution in [0.15, 0.2) is 97.1 Å². The zero-order valence-electron chi connectivity index (χ0n) is 14.7. The SMILES string of the molecule is CC1N(c2ccccc2)c2cc3ccccc3cc2N1c1ccccc1. The van der Waals surface area contributed by atoms with Crippen molar-refractivity contribution in [3.63, 3.8) is 0 Å². The van der Waals surface area contributed by atoms with Crippen molar-refractivity contribution in [2.75, 3.05) is 9.80 Å². The minimum Gasteiger partial charge on any atom is -0.319 e. The average Bonchev–Trinajstić information content (AvgIpc) is 2.98. The van der Waals surface area contributed by atoms with E-state index in [2.05, 4.69) is 114 Å². The first kappa shape index (κ1) is 15.0. The largest absolute Gasteiger partial charge is 0.319 e. The number of benzene rings is 4. The molecule has 0 aromatic heterocycles. The van der Waals surface area contributed by atoms with Crippen molar-refractivity contribution in [2.45, 2.75) is 13.1 Å². The van der Waals surface area contributed by atoms with E-state index in [9.17, 15) is 0 Å². The molecule has 0 unspecified atom stereocenters. The van der Waals surface area contributed by atoms with Crippen molar-refractivity contribution < 1.29 is 0 Å². The quantitative estimate of drug-likeness (QED) is 0.413. The number of nitrogens with zero attached hydrogens (tertiary/aromatic N) is 2. The molecule has 0 spiro atoms. The summed E-state index contributed by atoms with van der Waals surface area (Å²) in [5, 5.41) is 2.54. The van der Waals surface area contributed by atoms with Crippen LogP contribution in [0.4, 0.5) is 22.7 Å². The van der Waals surface area contributed by atoms with E-state index in [-0.39, 0.29) is 6.17 Å². The van der Waals surface area contributed by atoms with Crippen molar-refractivity contribution >= 4 is 33.5 Å². The smallest absolute Gasteiger partial charge is 0.108 e. The molecule has 5 rings (SSSR count). The summed E-state index contributed by atoms with van der Waals surface area (Å²) >= 11 is 0. The van der Waals surface area contributed by atoms with Crippen LogP contribution in [0.3, 0.4) is 0 Å². The molecule has 1 aliphatic heterocycles. The number of rotatable bonds is 2. The van der Waals surface area contributed by atoms with E-state index in [1.54, 1.807) is 0 Å². The first-order valence-corrected chi connectivity index (χ1v) is 9.04. The third kappa shape index (κ3) is 2.26. The van der Waals surface area contributed by atoms with Gasteiger partial charge in [0.2, 0.25) is 0 Å². The summed E-state index contributed by atoms with van der Waals surface area (Å²) in [5.41, 5.74) is 4.95. The fourth-order valence-corrected chi connectivity index (χ4v) is 4.01. The Bertz CT molecular complexity index is 971. The standard InChI is InChI=1S/C24H20N2/c1-18-25(21-12-4-2-5-13-21)23-16-19-10-8-9-11-20(19)17-24(23)26(18)22-14-6-3-7-15-22/h2-18H,1H3. The lowest BCUT2D eigenvalue weighted by Gasteiger charge is -2.30. The van der Waals surface area contributed by atoms with Gasteiger partial charge in [0.15, 0.2) is 0 Å². The second kappa shape index (κ2) is 5.92. The van der Waals surface area contributed by atoms with Gasteiger partial charge in [0.1, 0.15) is 6.17 Å². The third-order valence-corrected chi connectivity index (χ3v) is 5.18. The van der Waals surface area contributed by atoms with E-state index in [0.29, 0.717) is 0 Å². The number of hydrogen-bond donors (Lipinski definition) is 0. The Hall–Kier alpha value is -3.26. The number of fused-ring (bicyclic) bond motifs is 2. The predicted octanol–water partition coefficient (Wildman–Crippen LogP) is 6.48. The van der Waals surface area contributed by atoms with Gasteiger partial charge in [-0.1, -0.05) is 60.7 Å². The number of para-hydroxylation sites is 2. The Morgan fingerprint density at radius 1 is 0.538 bits per heavy atom. The lowest BCUT2D eigenvalue weighted by Crippen LogP contribution is -2.35. The Morgan fingerprint density at radius 2 is 0.923 bits per heavy atom. The summed E-state index contributed by atoms with van der Waals surface area (Å²) in [6.07, 6.45) is 0.201. The molecule has 0 bridgehead atoms. The van der Waals surface area contributed by atoms with Crippen LogP contribution in [0.1, 0.15) is 6.92 Å². The molecule has 26 heavy (non-hydrogen) atoms. The second-order valence-corrected chi connectivity index (χ2v) is 6.73. The number of anilines is 4. The Morgan fingerprint density at radius 3 is 1.35 bits per heavy atom. The van der Waals surface area contributed by atoms with Gasteiger partial charge in [-0.25, -0.2) is 0 Å². The van der Waals surface area contributed by atoms with Crippen LogP contribution in [0.5, 0.6) is 0 Å². The first-order valence-electron chi connectivity index (χ1n) is 9.04. The average molecular weight is 336 g/mol. The van der Waals surface area contributed by atoms with E-state index in [0.717, 1.165) is 0 Å². The molecular formula is C24H20N2. The maximum Gasteiger partial charge on any atom is 0.108 e. The fraction of sp³-hybridized carbons (Fsp3) is 0.0833. The highest BCUT2D eigenvalue weighted by Crippen LogP contribution is 2.48. The Balaban J connectivity index is 1.77. The third-order valence-electron chi connectivity index (χ3n) is 5.18. The van der Waals surface area contributed by atoms with Crippen LogP contribution in [0, 0.1) is 0 Å². The van der Waals surface area contributed by atoms with Crippen LogP contribution in [-0.4, -0.2) is 6.17 Å². The van der Waals surface area contributed by atoms with Gasteiger partial charge in [0.25, 0.3) is 0 Å². The van der Waals surface area contributed by atoms with Gasteiger partial charge < -0.3 is 9.80 Å². The van der Waals surface area contributed by atoms with Gasteiger partial charge in [0, 0.05) is 11.4 Å². The van der Waals surface area contributed by atoms with Gasteiger partial charge >= 0.3 is 0 Å². The van der Waals surface area contributed by atoms with Crippen LogP contribution in [0.25, 0.3) is 10.8 Å². The molecule has 0 amide bonds. The predicted molar refractivity (Wildman–Crippen MR) is 111 cm³/mol. The molecule has 0 aliphatic carbocycles. The molecule has 0 fully saturated rings. The Labute approximate surface area is 153 Å². The summed E-state index contributed by atoms with van der Waals surface area (Å²) in [4.78, 5) is 4.85. The van der Waals surface area contributed by atoms with Crippen molar-refractivity contribution in [1.82, 2.24) is 0 Å². The summed E-state index contributed by atoms with van der Waals surface area (Å²) < 4.78 is 0.